The van der Waals surface area contributed by atoms with Gasteiger partial charge in [-0.3, -0.25) is 4.79 Å². The third-order valence-corrected chi connectivity index (χ3v) is 5.50. The van der Waals surface area contributed by atoms with Gasteiger partial charge in [-0.1, -0.05) is 37.7 Å². The summed E-state index contributed by atoms with van der Waals surface area (Å²) >= 11 is 1.16. The summed E-state index contributed by atoms with van der Waals surface area (Å²) in [5.74, 6) is -0.118. The molecule has 1 amide bonds. The number of amides is 1. The first-order valence-corrected chi connectivity index (χ1v) is 10.5. The molecule has 0 radical (unpaired) electrons. The molecule has 1 heterocycles. The van der Waals surface area contributed by atoms with Crippen molar-refractivity contribution in [2.75, 3.05) is 17.7 Å². The van der Waals surface area contributed by atoms with Crippen molar-refractivity contribution in [2.45, 2.75) is 45.1 Å². The van der Waals surface area contributed by atoms with Crippen molar-refractivity contribution in [1.29, 1.82) is 5.26 Å². The lowest BCUT2D eigenvalue weighted by atomic mass is 9.99. The maximum absolute atomic E-state index is 12.3. The van der Waals surface area contributed by atoms with Gasteiger partial charge < -0.3 is 10.1 Å². The van der Waals surface area contributed by atoms with Gasteiger partial charge in [0.15, 0.2) is 0 Å². The van der Waals surface area contributed by atoms with Crippen LogP contribution in [-0.4, -0.2) is 29.2 Å². The van der Waals surface area contributed by atoms with Gasteiger partial charge in [0.1, 0.15) is 11.1 Å². The van der Waals surface area contributed by atoms with Gasteiger partial charge in [0.05, 0.1) is 29.2 Å². The molecular formula is C22H25N3O3S. The van der Waals surface area contributed by atoms with E-state index in [1.807, 2.05) is 30.3 Å². The first-order valence-electron chi connectivity index (χ1n) is 9.51. The molecule has 0 aliphatic carbocycles. The molecule has 0 aliphatic heterocycles. The molecule has 1 atom stereocenters. The predicted octanol–water partition coefficient (Wildman–Crippen LogP) is 4.68. The molecule has 0 aliphatic rings. The summed E-state index contributed by atoms with van der Waals surface area (Å²) < 4.78 is 4.98. The van der Waals surface area contributed by atoms with Crippen LogP contribution in [0.15, 0.2) is 35.4 Å². The number of hydrogen-bond donors (Lipinski definition) is 1. The molecule has 29 heavy (non-hydrogen) atoms. The van der Waals surface area contributed by atoms with E-state index < -0.39 is 5.97 Å². The van der Waals surface area contributed by atoms with Crippen molar-refractivity contribution in [3.63, 3.8) is 0 Å². The molecule has 6 nitrogen and oxygen atoms in total. The maximum atomic E-state index is 12.3. The third kappa shape index (κ3) is 6.06. The summed E-state index contributed by atoms with van der Waals surface area (Å²) in [6.45, 7) is 7.94. The highest BCUT2D eigenvalue weighted by Crippen LogP contribution is 2.24. The Morgan fingerprint density at radius 2 is 1.97 bits per heavy atom. The fraction of sp³-hybridized carbons (Fsp3) is 0.364. The quantitative estimate of drug-likeness (QED) is 0.501. The Labute approximate surface area is 175 Å². The Morgan fingerprint density at radius 1 is 1.28 bits per heavy atom. The molecule has 1 aromatic carbocycles. The van der Waals surface area contributed by atoms with E-state index in [0.29, 0.717) is 16.6 Å². The highest BCUT2D eigenvalue weighted by Gasteiger charge is 2.17. The van der Waals surface area contributed by atoms with Crippen LogP contribution in [0.25, 0.3) is 0 Å². The third-order valence-electron chi connectivity index (χ3n) is 4.51. The van der Waals surface area contributed by atoms with Crippen molar-refractivity contribution in [3.8, 4) is 6.07 Å². The molecule has 0 unspecified atom stereocenters. The van der Waals surface area contributed by atoms with Crippen molar-refractivity contribution in [1.82, 2.24) is 4.98 Å². The Morgan fingerprint density at radius 3 is 2.55 bits per heavy atom. The standard InChI is InChI=1S/C22H25N3O3S/c1-5-14(3)16-7-9-18(10-8-16)25-20(26)13-29-21-17(12-23)11-19(15(4)24-21)22(27)28-6-2/h7-11,14H,5-6,13H2,1-4H3,(H,25,26)/t14-/m1/s1. The number of aromatic nitrogens is 1. The van der Waals surface area contributed by atoms with E-state index in [9.17, 15) is 14.9 Å². The fourth-order valence-electron chi connectivity index (χ4n) is 2.65. The minimum Gasteiger partial charge on any atom is -0.462 e. The first kappa shape index (κ1) is 22.4. The summed E-state index contributed by atoms with van der Waals surface area (Å²) in [6, 6.07) is 11.3. The van der Waals surface area contributed by atoms with E-state index in [1.165, 1.54) is 11.6 Å². The number of nitrogens with zero attached hydrogens (tertiary/aromatic N) is 2. The van der Waals surface area contributed by atoms with Crippen LogP contribution < -0.4 is 5.32 Å². The van der Waals surface area contributed by atoms with Crippen LogP contribution in [0.3, 0.4) is 0 Å². The van der Waals surface area contributed by atoms with Crippen LogP contribution in [0.4, 0.5) is 5.69 Å². The van der Waals surface area contributed by atoms with Gasteiger partial charge in [0.2, 0.25) is 5.91 Å². The Bertz CT molecular complexity index is 920. The zero-order valence-electron chi connectivity index (χ0n) is 17.1. The highest BCUT2D eigenvalue weighted by molar-refractivity contribution is 8.00. The van der Waals surface area contributed by atoms with Gasteiger partial charge in [-0.05, 0) is 49.9 Å². The number of rotatable bonds is 8. The maximum Gasteiger partial charge on any atom is 0.340 e. The Hall–Kier alpha value is -2.85. The van der Waals surface area contributed by atoms with E-state index in [4.69, 9.17) is 4.74 Å². The van der Waals surface area contributed by atoms with Crippen molar-refractivity contribution < 1.29 is 14.3 Å². The molecule has 0 saturated carbocycles. The van der Waals surface area contributed by atoms with E-state index >= 15 is 0 Å². The summed E-state index contributed by atoms with van der Waals surface area (Å²) in [5, 5.41) is 12.6. The van der Waals surface area contributed by atoms with E-state index in [1.54, 1.807) is 13.8 Å². The van der Waals surface area contributed by atoms with Crippen molar-refractivity contribution in [3.05, 3.63) is 52.7 Å². The smallest absolute Gasteiger partial charge is 0.340 e. The molecule has 152 valence electrons. The molecule has 0 fully saturated rings. The lowest BCUT2D eigenvalue weighted by molar-refractivity contribution is -0.113. The molecule has 1 aromatic heterocycles. The highest BCUT2D eigenvalue weighted by atomic mass is 32.2. The number of hydrogen-bond acceptors (Lipinski definition) is 6. The van der Waals surface area contributed by atoms with E-state index in [0.717, 1.165) is 23.9 Å². The number of nitrogens with one attached hydrogen (secondary N) is 1. The first-order chi connectivity index (χ1) is 13.9. The number of benzene rings is 1. The fourth-order valence-corrected chi connectivity index (χ4v) is 3.45. The molecule has 1 N–H and O–H groups in total. The number of aryl methyl sites for hydroxylation is 1. The molecule has 7 heteroatoms. The Kier molecular flexibility index (Phi) is 8.22. The molecule has 2 aromatic rings. The van der Waals surface area contributed by atoms with E-state index in [2.05, 4.69) is 24.1 Å². The number of pyridine rings is 1. The molecular weight excluding hydrogens is 386 g/mol. The zero-order chi connectivity index (χ0) is 21.4. The van der Waals surface area contributed by atoms with Gasteiger partial charge in [0.25, 0.3) is 0 Å². The van der Waals surface area contributed by atoms with Crippen LogP contribution in [0, 0.1) is 18.3 Å². The number of carbonyl (C=O) groups is 2. The van der Waals surface area contributed by atoms with Crippen LogP contribution in [-0.2, 0) is 9.53 Å². The van der Waals surface area contributed by atoms with Crippen molar-refractivity contribution in [2.24, 2.45) is 0 Å². The second-order valence-electron chi connectivity index (χ2n) is 6.57. The minimum absolute atomic E-state index is 0.104. The van der Waals surface area contributed by atoms with Crippen LogP contribution >= 0.6 is 11.8 Å². The number of nitriles is 1. The second kappa shape index (κ2) is 10.6. The number of anilines is 1. The summed E-state index contributed by atoms with van der Waals surface area (Å²) in [4.78, 5) is 28.6. The molecule has 0 spiro atoms. The number of esters is 1. The molecule has 0 bridgehead atoms. The average Bonchev–Trinajstić information content (AvgIpc) is 2.72. The normalized spacial score (nSPS) is 11.4. The largest absolute Gasteiger partial charge is 0.462 e. The lowest BCUT2D eigenvalue weighted by Gasteiger charge is -2.11. The molecule has 2 rings (SSSR count). The van der Waals surface area contributed by atoms with Crippen LogP contribution in [0.5, 0.6) is 0 Å². The van der Waals surface area contributed by atoms with Gasteiger partial charge in [-0.2, -0.15) is 5.26 Å². The Balaban J connectivity index is 2.03. The monoisotopic (exact) mass is 411 g/mol. The number of ether oxygens (including phenoxy) is 1. The summed E-state index contributed by atoms with van der Waals surface area (Å²) in [6.07, 6.45) is 1.06. The van der Waals surface area contributed by atoms with E-state index in [-0.39, 0.29) is 29.4 Å². The van der Waals surface area contributed by atoms with Crippen molar-refractivity contribution >= 4 is 29.3 Å². The lowest BCUT2D eigenvalue weighted by Crippen LogP contribution is -2.15. The van der Waals surface area contributed by atoms with Crippen LogP contribution in [0.1, 0.15) is 60.3 Å². The number of thioether (sulfide) groups is 1. The predicted molar refractivity (Wildman–Crippen MR) is 114 cm³/mol. The van der Waals surface area contributed by atoms with Gasteiger partial charge in [0, 0.05) is 5.69 Å². The van der Waals surface area contributed by atoms with Crippen LogP contribution in [0.2, 0.25) is 0 Å². The number of carbonyl (C=O) groups excluding carboxylic acids is 2. The van der Waals surface area contributed by atoms with Gasteiger partial charge in [-0.15, -0.1) is 0 Å². The SMILES string of the molecule is CCOC(=O)c1cc(C#N)c(SCC(=O)Nc2ccc([C@H](C)CC)cc2)nc1C. The summed E-state index contributed by atoms with van der Waals surface area (Å²) in [7, 11) is 0. The zero-order valence-corrected chi connectivity index (χ0v) is 17.9. The minimum atomic E-state index is -0.510. The summed E-state index contributed by atoms with van der Waals surface area (Å²) in [5.41, 5.74) is 2.93. The van der Waals surface area contributed by atoms with Gasteiger partial charge >= 0.3 is 5.97 Å². The topological polar surface area (TPSA) is 92.1 Å². The molecule has 0 saturated heterocycles. The average molecular weight is 412 g/mol. The second-order valence-corrected chi connectivity index (χ2v) is 7.54. The van der Waals surface area contributed by atoms with Gasteiger partial charge in [-0.25, -0.2) is 9.78 Å².